The van der Waals surface area contributed by atoms with Gasteiger partial charge in [0.05, 0.1) is 0 Å². The van der Waals surface area contributed by atoms with Crippen LogP contribution in [0.15, 0.2) is 12.2 Å². The maximum Gasteiger partial charge on any atom is 0.220 e. The van der Waals surface area contributed by atoms with E-state index in [-0.39, 0.29) is 5.41 Å². The fourth-order valence-corrected chi connectivity index (χ4v) is 12.0. The summed E-state index contributed by atoms with van der Waals surface area (Å²) in [6.45, 7) is 16.3. The average Bonchev–Trinajstić information content (AvgIpc) is 3.42. The number of Topliss-reactive ketones (excluding diaryl/α,β-unsaturated/α-hetero) is 1. The number of carbonyl (C=O) groups excluding carboxylic acids is 2. The van der Waals surface area contributed by atoms with Gasteiger partial charge in [-0.2, -0.15) is 0 Å². The van der Waals surface area contributed by atoms with Crippen LogP contribution in [0.25, 0.3) is 0 Å². The number of rotatable bonds is 20. The molecule has 0 aromatic carbocycles. The van der Waals surface area contributed by atoms with Crippen molar-refractivity contribution >= 4 is 11.7 Å². The molecule has 0 aromatic rings. The predicted molar refractivity (Wildman–Crippen MR) is 209 cm³/mol. The summed E-state index contributed by atoms with van der Waals surface area (Å²) in [5.41, 5.74) is 0.709. The lowest BCUT2D eigenvalue weighted by Crippen LogP contribution is -2.55. The van der Waals surface area contributed by atoms with Crippen molar-refractivity contribution in [3.8, 4) is 0 Å². The van der Waals surface area contributed by atoms with Gasteiger partial charge in [-0.25, -0.2) is 0 Å². The Bertz CT molecular complexity index is 1040. The molecule has 0 heterocycles. The van der Waals surface area contributed by atoms with Gasteiger partial charge in [-0.05, 0) is 143 Å². The summed E-state index contributed by atoms with van der Waals surface area (Å²) < 4.78 is 0. The summed E-state index contributed by atoms with van der Waals surface area (Å²) in [6.07, 6.45) is 36.3. The van der Waals surface area contributed by atoms with Crippen LogP contribution in [0.3, 0.4) is 0 Å². The van der Waals surface area contributed by atoms with Crippen molar-refractivity contribution < 1.29 is 9.59 Å². The minimum Gasteiger partial charge on any atom is -0.353 e. The minimum atomic E-state index is -0.209. The van der Waals surface area contributed by atoms with Gasteiger partial charge in [0.25, 0.3) is 0 Å². The molecule has 0 aromatic heterocycles. The zero-order valence-electron chi connectivity index (χ0n) is 33.7. The molecule has 0 saturated heterocycles. The van der Waals surface area contributed by atoms with Crippen molar-refractivity contribution in [2.45, 2.75) is 215 Å². The van der Waals surface area contributed by atoms with Gasteiger partial charge in [-0.3, -0.25) is 9.59 Å². The van der Waals surface area contributed by atoms with Crippen LogP contribution in [0.2, 0.25) is 0 Å². The number of amides is 1. The summed E-state index contributed by atoms with van der Waals surface area (Å²) in [5, 5.41) is 3.51. The number of hydrogen-bond acceptors (Lipinski definition) is 2. The molecular formula is C46H81NO2. The first kappa shape index (κ1) is 40.6. The topological polar surface area (TPSA) is 46.2 Å². The number of ketones is 1. The van der Waals surface area contributed by atoms with E-state index in [9.17, 15) is 9.59 Å². The molecule has 0 bridgehead atoms. The summed E-state index contributed by atoms with van der Waals surface area (Å²) in [5.74, 6) is 5.58. The van der Waals surface area contributed by atoms with Crippen molar-refractivity contribution in [3.05, 3.63) is 12.2 Å². The van der Waals surface area contributed by atoms with E-state index in [1.807, 2.05) is 0 Å². The Morgan fingerprint density at radius 3 is 2.02 bits per heavy atom. The third-order valence-electron chi connectivity index (χ3n) is 15.1. The third kappa shape index (κ3) is 10.9. The van der Waals surface area contributed by atoms with Crippen molar-refractivity contribution in [1.82, 2.24) is 5.32 Å². The zero-order chi connectivity index (χ0) is 35.5. The number of hydrogen-bond donors (Lipinski definition) is 1. The Kier molecular flexibility index (Phi) is 15.8. The molecule has 3 nitrogen and oxygen atoms in total. The van der Waals surface area contributed by atoms with Gasteiger partial charge in [0.2, 0.25) is 5.91 Å². The minimum absolute atomic E-state index is 0.209. The van der Waals surface area contributed by atoms with E-state index in [0.717, 1.165) is 48.9 Å². The first-order valence-electron chi connectivity index (χ1n) is 21.9. The van der Waals surface area contributed by atoms with E-state index in [0.29, 0.717) is 40.9 Å². The van der Waals surface area contributed by atoms with Crippen LogP contribution in [-0.2, 0) is 9.59 Å². The van der Waals surface area contributed by atoms with Crippen molar-refractivity contribution in [2.75, 3.05) is 0 Å². The molecule has 4 aliphatic carbocycles. The molecule has 1 amide bonds. The van der Waals surface area contributed by atoms with Crippen LogP contribution < -0.4 is 5.32 Å². The molecule has 4 fully saturated rings. The Labute approximate surface area is 304 Å². The quantitative estimate of drug-likeness (QED) is 0.103. The second kappa shape index (κ2) is 19.1. The van der Waals surface area contributed by atoms with Crippen LogP contribution in [0.5, 0.6) is 0 Å². The van der Waals surface area contributed by atoms with E-state index in [1.54, 1.807) is 0 Å². The van der Waals surface area contributed by atoms with Gasteiger partial charge in [-0.15, -0.1) is 0 Å². The average molecular weight is 680 g/mol. The summed E-state index contributed by atoms with van der Waals surface area (Å²) in [6, 6.07) is 0.395. The largest absolute Gasteiger partial charge is 0.353 e. The van der Waals surface area contributed by atoms with Crippen molar-refractivity contribution in [1.29, 1.82) is 0 Å². The van der Waals surface area contributed by atoms with E-state index in [2.05, 4.69) is 65.9 Å². The smallest absolute Gasteiger partial charge is 0.220 e. The molecular weight excluding hydrogens is 599 g/mol. The van der Waals surface area contributed by atoms with Gasteiger partial charge in [0, 0.05) is 24.3 Å². The molecule has 1 N–H and O–H groups in total. The number of nitrogens with one attached hydrogen (secondary N) is 1. The normalized spacial score (nSPS) is 33.5. The van der Waals surface area contributed by atoms with Crippen LogP contribution in [0, 0.1) is 51.8 Å². The Balaban J connectivity index is 1.11. The highest BCUT2D eigenvalue weighted by Crippen LogP contribution is 2.68. The molecule has 4 aliphatic rings. The maximum atomic E-state index is 13.0. The molecule has 4 rings (SSSR count). The predicted octanol–water partition coefficient (Wildman–Crippen LogP) is 13.2. The fraction of sp³-hybridized carbons (Fsp3) is 0.913. The number of carbonyl (C=O) groups is 2. The fourth-order valence-electron chi connectivity index (χ4n) is 12.0. The molecule has 4 unspecified atom stereocenters. The van der Waals surface area contributed by atoms with E-state index < -0.39 is 0 Å². The lowest BCUT2D eigenvalue weighted by Gasteiger charge is -2.61. The summed E-state index contributed by atoms with van der Waals surface area (Å²) >= 11 is 0. The van der Waals surface area contributed by atoms with Gasteiger partial charge < -0.3 is 5.32 Å². The molecule has 49 heavy (non-hydrogen) atoms. The lowest BCUT2D eigenvalue weighted by atomic mass is 9.44. The first-order valence-corrected chi connectivity index (χ1v) is 21.9. The van der Waals surface area contributed by atoms with Gasteiger partial charge >= 0.3 is 0 Å². The molecule has 9 atom stereocenters. The molecule has 282 valence electrons. The first-order chi connectivity index (χ1) is 23.4. The molecule has 0 radical (unpaired) electrons. The molecule has 0 aliphatic heterocycles. The van der Waals surface area contributed by atoms with Crippen LogP contribution in [0.4, 0.5) is 0 Å². The summed E-state index contributed by atoms with van der Waals surface area (Å²) in [7, 11) is 0. The zero-order valence-corrected chi connectivity index (χ0v) is 33.7. The second-order valence-corrected chi connectivity index (χ2v) is 19.4. The highest BCUT2D eigenvalue weighted by Gasteiger charge is 2.60. The Morgan fingerprint density at radius 2 is 1.35 bits per heavy atom. The second-order valence-electron chi connectivity index (χ2n) is 19.4. The van der Waals surface area contributed by atoms with Crippen molar-refractivity contribution in [2.24, 2.45) is 51.8 Å². The summed E-state index contributed by atoms with van der Waals surface area (Å²) in [4.78, 5) is 25.7. The van der Waals surface area contributed by atoms with E-state index >= 15 is 0 Å². The van der Waals surface area contributed by atoms with Gasteiger partial charge in [0.1, 0.15) is 5.78 Å². The van der Waals surface area contributed by atoms with E-state index in [1.165, 1.54) is 135 Å². The SMILES string of the molecule is CCCCCCCC/C=C\CCCCCCCC(=O)N[C@H]1CC[C@@]2(C)C(CCC3C2CC[C@@]2(C)C3CC[C@@H]2[C@H](C)CCC(=O)C(C)(C)C)C1. The Hall–Kier alpha value is -1.12. The number of unbranched alkanes of at least 4 members (excludes halogenated alkanes) is 11. The highest BCUT2D eigenvalue weighted by molar-refractivity contribution is 5.83. The Morgan fingerprint density at radius 1 is 0.735 bits per heavy atom. The van der Waals surface area contributed by atoms with Crippen LogP contribution >= 0.6 is 0 Å². The van der Waals surface area contributed by atoms with Crippen LogP contribution in [-0.4, -0.2) is 17.7 Å². The monoisotopic (exact) mass is 680 g/mol. The number of fused-ring (bicyclic) bond motifs is 5. The van der Waals surface area contributed by atoms with Gasteiger partial charge in [0.15, 0.2) is 0 Å². The third-order valence-corrected chi connectivity index (χ3v) is 15.1. The van der Waals surface area contributed by atoms with Gasteiger partial charge in [-0.1, -0.05) is 112 Å². The standard InChI is InChI=1S/C46H81NO2/c1-8-9-10-11-12-13-14-15-16-17-18-19-20-21-22-23-43(49)47-37-30-32-45(6)36(34-37)25-26-38-40-28-27-39(46(40,7)33-31-41(38)45)35(2)24-29-42(48)44(3,4)5/h15-16,35-41H,8-14,17-34H2,1-7H3,(H,47,49)/b16-15-/t35-,36?,37+,38?,39-,40?,41?,45+,46-/m1/s1. The number of allylic oxidation sites excluding steroid dienone is 2. The van der Waals surface area contributed by atoms with Crippen LogP contribution in [0.1, 0.15) is 209 Å². The molecule has 4 saturated carbocycles. The maximum absolute atomic E-state index is 13.0. The highest BCUT2D eigenvalue weighted by atomic mass is 16.1. The lowest BCUT2D eigenvalue weighted by molar-refractivity contribution is -0.128. The molecule has 3 heteroatoms. The van der Waals surface area contributed by atoms with E-state index in [4.69, 9.17) is 0 Å². The van der Waals surface area contributed by atoms with Crippen molar-refractivity contribution in [3.63, 3.8) is 0 Å². The molecule has 0 spiro atoms.